The van der Waals surface area contributed by atoms with Crippen molar-refractivity contribution in [2.24, 2.45) is 0 Å². The van der Waals surface area contributed by atoms with E-state index in [1.165, 1.54) is 20.4 Å². The third-order valence-corrected chi connectivity index (χ3v) is 1.49. The van der Waals surface area contributed by atoms with Gasteiger partial charge in [-0.15, -0.1) is 5.10 Å². The van der Waals surface area contributed by atoms with Crippen LogP contribution in [0.1, 0.15) is 0 Å². The van der Waals surface area contributed by atoms with Crippen LogP contribution >= 0.6 is 11.6 Å². The third kappa shape index (κ3) is 1.51. The Morgan fingerprint density at radius 1 is 1.36 bits per heavy atom. The maximum absolute atomic E-state index is 5.76. The predicted octanol–water partition coefficient (Wildman–Crippen LogP) is 1.15. The zero-order valence-corrected chi connectivity index (χ0v) is 6.92. The van der Waals surface area contributed by atoms with Gasteiger partial charge in [0.15, 0.2) is 5.75 Å². The van der Waals surface area contributed by atoms with Crippen molar-refractivity contribution >= 4 is 11.6 Å². The normalized spacial score (nSPS) is 9.36. The van der Waals surface area contributed by atoms with Gasteiger partial charge in [0, 0.05) is 0 Å². The SMILES string of the molecule is COc1cnnc(OC)c1Cl. The highest BCUT2D eigenvalue weighted by Crippen LogP contribution is 2.29. The first-order chi connectivity index (χ1) is 5.29. The van der Waals surface area contributed by atoms with Crippen LogP contribution in [-0.2, 0) is 0 Å². The molecule has 1 aromatic heterocycles. The lowest BCUT2D eigenvalue weighted by Gasteiger charge is -2.03. The number of hydrogen-bond acceptors (Lipinski definition) is 4. The summed E-state index contributed by atoms with van der Waals surface area (Å²) in [5.74, 6) is 0.726. The molecule has 0 fully saturated rings. The zero-order chi connectivity index (χ0) is 8.27. The van der Waals surface area contributed by atoms with Crippen LogP contribution in [-0.4, -0.2) is 24.4 Å². The Balaban J connectivity index is 3.10. The quantitative estimate of drug-likeness (QED) is 0.675. The first-order valence-electron chi connectivity index (χ1n) is 2.88. The molecule has 0 radical (unpaired) electrons. The molecule has 0 aliphatic rings. The fourth-order valence-corrected chi connectivity index (χ4v) is 0.853. The molecule has 0 saturated carbocycles. The standard InChI is InChI=1S/C6H7ClN2O2/c1-10-4-3-8-9-6(11-2)5(4)7/h3H,1-2H3. The Bertz CT molecular complexity index is 232. The number of hydrogen-bond donors (Lipinski definition) is 0. The van der Waals surface area contributed by atoms with E-state index in [1.54, 1.807) is 0 Å². The van der Waals surface area contributed by atoms with Gasteiger partial charge in [0.2, 0.25) is 0 Å². The van der Waals surface area contributed by atoms with Crippen LogP contribution in [0.3, 0.4) is 0 Å². The van der Waals surface area contributed by atoms with Crippen LogP contribution in [0.15, 0.2) is 6.20 Å². The molecule has 0 aliphatic carbocycles. The van der Waals surface area contributed by atoms with Crippen molar-refractivity contribution in [1.29, 1.82) is 0 Å². The Morgan fingerprint density at radius 3 is 2.64 bits per heavy atom. The molecule has 60 valence electrons. The minimum Gasteiger partial charge on any atom is -0.493 e. The van der Waals surface area contributed by atoms with Crippen molar-refractivity contribution in [3.63, 3.8) is 0 Å². The summed E-state index contributed by atoms with van der Waals surface area (Å²) in [6, 6.07) is 0. The van der Waals surface area contributed by atoms with E-state index < -0.39 is 0 Å². The average Bonchev–Trinajstić information content (AvgIpc) is 2.05. The molecule has 0 spiro atoms. The molecule has 0 aliphatic heterocycles. The fourth-order valence-electron chi connectivity index (χ4n) is 0.612. The lowest BCUT2D eigenvalue weighted by atomic mass is 10.5. The summed E-state index contributed by atoms with van der Waals surface area (Å²) in [5, 5.41) is 7.56. The molecule has 0 bridgehead atoms. The molecule has 1 heterocycles. The summed E-state index contributed by atoms with van der Waals surface area (Å²) in [5.41, 5.74) is 0. The van der Waals surface area contributed by atoms with Gasteiger partial charge in [-0.05, 0) is 0 Å². The van der Waals surface area contributed by atoms with Crippen LogP contribution in [0, 0.1) is 0 Å². The smallest absolute Gasteiger partial charge is 0.255 e. The Morgan fingerprint density at radius 2 is 2.09 bits per heavy atom. The number of aromatic nitrogens is 2. The van der Waals surface area contributed by atoms with E-state index in [-0.39, 0.29) is 5.88 Å². The largest absolute Gasteiger partial charge is 0.493 e. The Labute approximate surface area is 69.1 Å². The minimum atomic E-state index is 0.269. The van der Waals surface area contributed by atoms with Crippen molar-refractivity contribution < 1.29 is 9.47 Å². The summed E-state index contributed by atoms with van der Waals surface area (Å²) < 4.78 is 9.67. The van der Waals surface area contributed by atoms with Crippen LogP contribution in [0.5, 0.6) is 11.6 Å². The summed E-state index contributed by atoms with van der Waals surface area (Å²) in [7, 11) is 2.97. The molecule has 11 heavy (non-hydrogen) atoms. The summed E-state index contributed by atoms with van der Waals surface area (Å²) >= 11 is 5.76. The van der Waals surface area contributed by atoms with E-state index in [1.807, 2.05) is 0 Å². The van der Waals surface area contributed by atoms with E-state index >= 15 is 0 Å². The lowest BCUT2D eigenvalue weighted by molar-refractivity contribution is 0.375. The number of halogens is 1. The molecule has 0 aromatic carbocycles. The minimum absolute atomic E-state index is 0.269. The van der Waals surface area contributed by atoms with Crippen molar-refractivity contribution in [2.45, 2.75) is 0 Å². The molecule has 1 aromatic rings. The second-order valence-electron chi connectivity index (χ2n) is 1.74. The first-order valence-corrected chi connectivity index (χ1v) is 3.26. The van der Waals surface area contributed by atoms with Gasteiger partial charge in [0.1, 0.15) is 5.02 Å². The monoisotopic (exact) mass is 174 g/mol. The van der Waals surface area contributed by atoms with Gasteiger partial charge >= 0.3 is 0 Å². The molecule has 0 atom stereocenters. The van der Waals surface area contributed by atoms with Gasteiger partial charge in [-0.2, -0.15) is 5.10 Å². The second kappa shape index (κ2) is 3.39. The van der Waals surface area contributed by atoms with Gasteiger partial charge < -0.3 is 9.47 Å². The molecule has 0 amide bonds. The predicted molar refractivity (Wildman–Crippen MR) is 40.1 cm³/mol. The lowest BCUT2D eigenvalue weighted by Crippen LogP contribution is -1.94. The summed E-state index contributed by atoms with van der Waals surface area (Å²) in [6.07, 6.45) is 1.42. The van der Waals surface area contributed by atoms with Crippen molar-refractivity contribution in [2.75, 3.05) is 14.2 Å². The van der Waals surface area contributed by atoms with Gasteiger partial charge in [-0.3, -0.25) is 0 Å². The number of rotatable bonds is 2. The van der Waals surface area contributed by atoms with E-state index in [2.05, 4.69) is 10.2 Å². The molecular weight excluding hydrogens is 168 g/mol. The van der Waals surface area contributed by atoms with E-state index in [9.17, 15) is 0 Å². The van der Waals surface area contributed by atoms with Gasteiger partial charge in [0.05, 0.1) is 20.4 Å². The average molecular weight is 175 g/mol. The fraction of sp³-hybridized carbons (Fsp3) is 0.333. The molecule has 0 N–H and O–H groups in total. The highest BCUT2D eigenvalue weighted by Gasteiger charge is 2.07. The molecule has 0 unspecified atom stereocenters. The van der Waals surface area contributed by atoms with Gasteiger partial charge in [0.25, 0.3) is 5.88 Å². The van der Waals surface area contributed by atoms with Gasteiger partial charge in [-0.25, -0.2) is 0 Å². The summed E-state index contributed by atoms with van der Waals surface area (Å²) in [4.78, 5) is 0. The number of methoxy groups -OCH3 is 2. The summed E-state index contributed by atoms with van der Waals surface area (Å²) in [6.45, 7) is 0. The van der Waals surface area contributed by atoms with Crippen LogP contribution < -0.4 is 9.47 Å². The van der Waals surface area contributed by atoms with E-state index in [4.69, 9.17) is 21.1 Å². The van der Waals surface area contributed by atoms with Crippen molar-refractivity contribution in [3.05, 3.63) is 11.2 Å². The molecule has 4 nitrogen and oxygen atoms in total. The van der Waals surface area contributed by atoms with E-state index in [0.717, 1.165) is 0 Å². The maximum Gasteiger partial charge on any atom is 0.255 e. The van der Waals surface area contributed by atoms with Gasteiger partial charge in [-0.1, -0.05) is 11.6 Å². The number of nitrogens with zero attached hydrogens (tertiary/aromatic N) is 2. The van der Waals surface area contributed by atoms with E-state index in [0.29, 0.717) is 10.8 Å². The highest BCUT2D eigenvalue weighted by molar-refractivity contribution is 6.33. The number of ether oxygens (including phenoxy) is 2. The Hall–Kier alpha value is -1.03. The molecule has 5 heteroatoms. The zero-order valence-electron chi connectivity index (χ0n) is 6.17. The molecule has 0 saturated heterocycles. The molecule has 1 rings (SSSR count). The first kappa shape index (κ1) is 8.07. The third-order valence-electron chi connectivity index (χ3n) is 1.14. The topological polar surface area (TPSA) is 44.2 Å². The van der Waals surface area contributed by atoms with Crippen molar-refractivity contribution in [1.82, 2.24) is 10.2 Å². The molecular formula is C6H7ClN2O2. The highest BCUT2D eigenvalue weighted by atomic mass is 35.5. The van der Waals surface area contributed by atoms with Crippen LogP contribution in [0.25, 0.3) is 0 Å². The van der Waals surface area contributed by atoms with Crippen molar-refractivity contribution in [3.8, 4) is 11.6 Å². The van der Waals surface area contributed by atoms with Crippen LogP contribution in [0.4, 0.5) is 0 Å². The maximum atomic E-state index is 5.76. The Kier molecular flexibility index (Phi) is 2.48. The second-order valence-corrected chi connectivity index (χ2v) is 2.11. The van der Waals surface area contributed by atoms with Crippen LogP contribution in [0.2, 0.25) is 5.02 Å².